The van der Waals surface area contributed by atoms with Gasteiger partial charge in [0.1, 0.15) is 0 Å². The highest BCUT2D eigenvalue weighted by Gasteiger charge is 2.27. The van der Waals surface area contributed by atoms with Crippen LogP contribution in [0.4, 0.5) is 0 Å². The Hall–Kier alpha value is -2.17. The maximum absolute atomic E-state index is 4.77. The minimum atomic E-state index is -0.0824. The van der Waals surface area contributed by atoms with E-state index in [1.807, 2.05) is 6.07 Å². The van der Waals surface area contributed by atoms with Crippen LogP contribution in [0.15, 0.2) is 41.9 Å². The van der Waals surface area contributed by atoms with E-state index >= 15 is 0 Å². The molecule has 0 saturated carbocycles. The van der Waals surface area contributed by atoms with Crippen molar-refractivity contribution in [2.75, 3.05) is 5.43 Å². The van der Waals surface area contributed by atoms with Crippen LogP contribution in [0, 0.1) is 0 Å². The Morgan fingerprint density at radius 1 is 1.33 bits per heavy atom. The van der Waals surface area contributed by atoms with Gasteiger partial charge in [-0.2, -0.15) is 0 Å². The third-order valence-corrected chi connectivity index (χ3v) is 3.00. The van der Waals surface area contributed by atoms with Crippen molar-refractivity contribution in [3.8, 4) is 0 Å². The number of aromatic nitrogens is 3. The predicted octanol–water partition coefficient (Wildman–Crippen LogP) is 1.02. The van der Waals surface area contributed by atoms with Crippen LogP contribution < -0.4 is 10.1 Å². The van der Waals surface area contributed by atoms with Crippen molar-refractivity contribution in [1.82, 2.24) is 10.2 Å². The van der Waals surface area contributed by atoms with Crippen molar-refractivity contribution in [2.45, 2.75) is 25.8 Å². The Kier molecular flexibility index (Phi) is 2.40. The third kappa shape index (κ3) is 1.99. The smallest absolute Gasteiger partial charge is 0.259 e. The van der Waals surface area contributed by atoms with Crippen molar-refractivity contribution in [2.24, 2.45) is 4.99 Å². The van der Waals surface area contributed by atoms with Crippen LogP contribution in [0.2, 0.25) is 0 Å². The molecule has 3 rings (SSSR count). The van der Waals surface area contributed by atoms with Crippen LogP contribution in [-0.2, 0) is 6.42 Å². The zero-order valence-corrected chi connectivity index (χ0v) is 10.5. The van der Waals surface area contributed by atoms with Gasteiger partial charge in [0.25, 0.3) is 6.33 Å². The molecule has 92 valence electrons. The molecule has 1 aliphatic rings. The molecule has 0 fully saturated rings. The van der Waals surface area contributed by atoms with E-state index in [1.54, 1.807) is 17.3 Å². The Bertz CT molecular complexity index is 583. The van der Waals surface area contributed by atoms with Gasteiger partial charge < -0.3 is 0 Å². The number of H-pyrrole nitrogens is 1. The molecule has 0 atom stereocenters. The first kappa shape index (κ1) is 11.0. The standard InChI is InChI=1S/C13H15N5/c1-13(2)7-10-5-3-4-6-11(10)12(16-13)17-18-8-14-15-9-18/h3-6,8-9H,7H2,1-2H3,(H,16,17)/p+1. The van der Waals surface area contributed by atoms with Crippen LogP contribution in [0.5, 0.6) is 0 Å². The number of rotatable bonds is 1. The van der Waals surface area contributed by atoms with Crippen LogP contribution in [-0.4, -0.2) is 21.6 Å². The molecule has 1 aromatic carbocycles. The van der Waals surface area contributed by atoms with Crippen molar-refractivity contribution >= 4 is 5.84 Å². The molecule has 2 aromatic rings. The van der Waals surface area contributed by atoms with Crippen LogP contribution in [0.1, 0.15) is 25.0 Å². The minimum Gasteiger partial charge on any atom is -0.259 e. The summed E-state index contributed by atoms with van der Waals surface area (Å²) in [4.78, 5) is 4.77. The first-order valence-electron chi connectivity index (χ1n) is 5.99. The lowest BCUT2D eigenvalue weighted by Gasteiger charge is -2.28. The number of nitrogens with zero attached hydrogens (tertiary/aromatic N) is 3. The van der Waals surface area contributed by atoms with Gasteiger partial charge in [0.15, 0.2) is 5.84 Å². The average molecular weight is 242 g/mol. The van der Waals surface area contributed by atoms with E-state index in [2.05, 4.69) is 47.7 Å². The summed E-state index contributed by atoms with van der Waals surface area (Å²) in [6.45, 7) is 4.29. The summed E-state index contributed by atoms with van der Waals surface area (Å²) in [5.74, 6) is 0.883. The molecule has 0 spiro atoms. The highest BCUT2D eigenvalue weighted by atomic mass is 15.5. The van der Waals surface area contributed by atoms with E-state index in [-0.39, 0.29) is 5.54 Å². The molecule has 1 aromatic heterocycles. The molecule has 0 bridgehead atoms. The zero-order valence-electron chi connectivity index (χ0n) is 10.5. The Balaban J connectivity index is 2.02. The largest absolute Gasteiger partial charge is 0.286 e. The average Bonchev–Trinajstić information content (AvgIpc) is 2.80. The second-order valence-corrected chi connectivity index (χ2v) is 5.13. The summed E-state index contributed by atoms with van der Waals surface area (Å²) in [5.41, 5.74) is 5.64. The van der Waals surface area contributed by atoms with Crippen molar-refractivity contribution in [3.63, 3.8) is 0 Å². The van der Waals surface area contributed by atoms with Gasteiger partial charge >= 0.3 is 0 Å². The Morgan fingerprint density at radius 2 is 2.17 bits per heavy atom. The van der Waals surface area contributed by atoms with Crippen molar-refractivity contribution < 1.29 is 4.68 Å². The highest BCUT2D eigenvalue weighted by molar-refractivity contribution is 6.05. The number of amidine groups is 1. The molecule has 0 saturated heterocycles. The summed E-state index contributed by atoms with van der Waals surface area (Å²) in [7, 11) is 0. The van der Waals surface area contributed by atoms with E-state index < -0.39 is 0 Å². The molecule has 0 amide bonds. The Labute approximate surface area is 106 Å². The fourth-order valence-corrected chi connectivity index (χ4v) is 2.27. The van der Waals surface area contributed by atoms with Gasteiger partial charge in [0.2, 0.25) is 6.33 Å². The van der Waals surface area contributed by atoms with E-state index in [9.17, 15) is 0 Å². The molecule has 0 unspecified atom stereocenters. The molecular formula is C13H16N5+. The number of aliphatic imine (C=N–C) groups is 1. The molecule has 1 aliphatic heterocycles. The second-order valence-electron chi connectivity index (χ2n) is 5.13. The molecule has 0 radical (unpaired) electrons. The Morgan fingerprint density at radius 3 is 2.94 bits per heavy atom. The van der Waals surface area contributed by atoms with Crippen LogP contribution in [0.25, 0.3) is 0 Å². The van der Waals surface area contributed by atoms with Gasteiger partial charge in [-0.25, -0.2) is 5.43 Å². The number of nitrogens with one attached hydrogen (secondary N) is 2. The summed E-state index contributed by atoms with van der Waals surface area (Å²) >= 11 is 0. The van der Waals surface area contributed by atoms with Gasteiger partial charge in [0.05, 0.1) is 5.54 Å². The summed E-state index contributed by atoms with van der Waals surface area (Å²) in [5, 5.41) is 6.66. The summed E-state index contributed by atoms with van der Waals surface area (Å²) < 4.78 is 1.76. The predicted molar refractivity (Wildman–Crippen MR) is 68.9 cm³/mol. The van der Waals surface area contributed by atoms with Gasteiger partial charge in [0, 0.05) is 10.7 Å². The summed E-state index contributed by atoms with van der Waals surface area (Å²) in [6.07, 6.45) is 4.38. The molecule has 0 aliphatic carbocycles. The third-order valence-electron chi connectivity index (χ3n) is 3.00. The first-order valence-corrected chi connectivity index (χ1v) is 5.99. The SMILES string of the molecule is CC1(C)Cc2ccccc2C(N[n+]2cn[nH]c2)=N1. The van der Waals surface area contributed by atoms with Crippen LogP contribution in [0.3, 0.4) is 0 Å². The van der Waals surface area contributed by atoms with E-state index in [0.29, 0.717) is 0 Å². The highest BCUT2D eigenvalue weighted by Crippen LogP contribution is 2.25. The van der Waals surface area contributed by atoms with Gasteiger partial charge in [-0.15, -0.1) is 9.77 Å². The first-order chi connectivity index (χ1) is 8.64. The monoisotopic (exact) mass is 242 g/mol. The quantitative estimate of drug-likeness (QED) is 0.734. The fraction of sp³-hybridized carbons (Fsp3) is 0.308. The number of hydrogen-bond acceptors (Lipinski definition) is 3. The van der Waals surface area contributed by atoms with Crippen molar-refractivity contribution in [3.05, 3.63) is 48.0 Å². The number of hydrogen-bond donors (Lipinski definition) is 2. The second kappa shape index (κ2) is 3.94. The molecule has 2 heterocycles. The van der Waals surface area contributed by atoms with E-state index in [1.165, 1.54) is 5.56 Å². The lowest BCUT2D eigenvalue weighted by molar-refractivity contribution is -0.640. The normalized spacial score (nSPS) is 16.9. The maximum Gasteiger partial charge on any atom is 0.286 e. The van der Waals surface area contributed by atoms with Gasteiger partial charge in [-0.1, -0.05) is 24.3 Å². The molecule has 18 heavy (non-hydrogen) atoms. The minimum absolute atomic E-state index is 0.0824. The van der Waals surface area contributed by atoms with Gasteiger partial charge in [-0.05, 0) is 25.8 Å². The number of fused-ring (bicyclic) bond motifs is 1. The summed E-state index contributed by atoms with van der Waals surface area (Å²) in [6, 6.07) is 8.36. The zero-order chi connectivity index (χ0) is 12.6. The molecule has 5 nitrogen and oxygen atoms in total. The van der Waals surface area contributed by atoms with Crippen LogP contribution >= 0.6 is 0 Å². The van der Waals surface area contributed by atoms with E-state index in [0.717, 1.165) is 17.8 Å². The fourth-order valence-electron chi connectivity index (χ4n) is 2.27. The molecular weight excluding hydrogens is 226 g/mol. The molecule has 5 heteroatoms. The van der Waals surface area contributed by atoms with Crippen molar-refractivity contribution in [1.29, 1.82) is 0 Å². The van der Waals surface area contributed by atoms with E-state index in [4.69, 9.17) is 4.99 Å². The maximum atomic E-state index is 4.77. The number of benzene rings is 1. The topological polar surface area (TPSA) is 57.0 Å². The lowest BCUT2D eigenvalue weighted by Crippen LogP contribution is -2.49. The number of aromatic amines is 1. The van der Waals surface area contributed by atoms with Gasteiger partial charge in [-0.3, -0.25) is 4.99 Å². The lowest BCUT2D eigenvalue weighted by atomic mass is 9.89. The molecule has 2 N–H and O–H groups in total.